The van der Waals surface area contributed by atoms with Gasteiger partial charge in [0, 0.05) is 35.9 Å². The van der Waals surface area contributed by atoms with Crippen molar-refractivity contribution < 1.29 is 25.1 Å². The van der Waals surface area contributed by atoms with E-state index in [2.05, 4.69) is 20.6 Å². The number of anilines is 2. The van der Waals surface area contributed by atoms with E-state index in [9.17, 15) is 22.4 Å². The quantitative estimate of drug-likeness (QED) is 0.268. The van der Waals surface area contributed by atoms with Crippen molar-refractivity contribution in [2.75, 3.05) is 10.6 Å². The first-order chi connectivity index (χ1) is 17.1. The predicted molar refractivity (Wildman–Crippen MR) is 121 cm³/mol. The zero-order valence-electron chi connectivity index (χ0n) is 19.2. The van der Waals surface area contributed by atoms with Gasteiger partial charge in [-0.1, -0.05) is 6.07 Å². The van der Waals surface area contributed by atoms with Crippen molar-refractivity contribution >= 4 is 39.3 Å². The van der Waals surface area contributed by atoms with Crippen LogP contribution in [0.4, 0.5) is 33.7 Å². The van der Waals surface area contributed by atoms with E-state index in [1.54, 1.807) is 42.6 Å². The Balaban J connectivity index is 1.46. The smallest absolute Gasteiger partial charge is 0.346 e. The highest BCUT2D eigenvalue weighted by atomic mass is 19.4. The second-order valence-corrected chi connectivity index (χ2v) is 7.41. The van der Waals surface area contributed by atoms with E-state index in [1.165, 1.54) is 17.0 Å². The van der Waals surface area contributed by atoms with Crippen molar-refractivity contribution in [2.45, 2.75) is 12.7 Å². The summed E-state index contributed by atoms with van der Waals surface area (Å²) in [6.45, 7) is -1.99. The molecule has 3 heterocycles. The number of alkyl halides is 3. The number of fused-ring (bicyclic) bond motifs is 2. The van der Waals surface area contributed by atoms with Crippen LogP contribution < -0.4 is 10.6 Å². The summed E-state index contributed by atoms with van der Waals surface area (Å²) in [4.78, 5) is 19.7. The topological polar surface area (TPSA) is 74.7 Å². The van der Waals surface area contributed by atoms with E-state index in [-0.39, 0.29) is 5.69 Å². The number of benzene rings is 2. The third kappa shape index (κ3) is 4.05. The van der Waals surface area contributed by atoms with Crippen LogP contribution in [0.15, 0.2) is 73.2 Å². The van der Waals surface area contributed by atoms with Crippen LogP contribution in [0.1, 0.15) is 13.9 Å². The molecule has 10 heteroatoms. The van der Waals surface area contributed by atoms with Gasteiger partial charge in [-0.15, -0.1) is 0 Å². The fourth-order valence-corrected chi connectivity index (χ4v) is 3.64. The fraction of sp³-hybridized carbons (Fsp3) is 0.0833. The molecule has 0 atom stereocenters. The summed E-state index contributed by atoms with van der Waals surface area (Å²) < 4.78 is 72.0. The van der Waals surface area contributed by atoms with Crippen LogP contribution >= 0.6 is 0 Å². The molecule has 0 bridgehead atoms. The summed E-state index contributed by atoms with van der Waals surface area (Å²) in [7, 11) is 0. The summed E-state index contributed by atoms with van der Waals surface area (Å²) in [6.07, 6.45) is -0.00510. The van der Waals surface area contributed by atoms with Gasteiger partial charge in [0.25, 0.3) is 0 Å². The molecule has 2 aromatic carbocycles. The van der Waals surface area contributed by atoms with E-state index in [1.807, 2.05) is 0 Å². The van der Waals surface area contributed by atoms with E-state index < -0.39 is 35.8 Å². The van der Waals surface area contributed by atoms with Gasteiger partial charge in [0.05, 0.1) is 25.2 Å². The second-order valence-electron chi connectivity index (χ2n) is 7.41. The summed E-state index contributed by atoms with van der Waals surface area (Å²) in [6, 6.07) is 10.5. The van der Waals surface area contributed by atoms with Gasteiger partial charge < -0.3 is 20.2 Å². The number of hydrogen-bond acceptors (Lipinski definition) is 2. The molecule has 0 spiro atoms. The molecule has 6 nitrogen and oxygen atoms in total. The van der Waals surface area contributed by atoms with Crippen molar-refractivity contribution in [3.05, 3.63) is 90.1 Å². The van der Waals surface area contributed by atoms with Crippen molar-refractivity contribution in [3.8, 4) is 0 Å². The Labute approximate surface area is 193 Å². The minimum Gasteiger partial charge on any atom is -0.346 e. The molecule has 0 radical (unpaired) electrons. The number of halogens is 4. The molecule has 34 heavy (non-hydrogen) atoms. The Kier molecular flexibility index (Phi) is 4.63. The molecule has 0 aliphatic carbocycles. The molecule has 5 rings (SSSR count). The lowest BCUT2D eigenvalue weighted by Gasteiger charge is -2.12. The number of nitrogens with zero attached hydrogens (tertiary/aromatic N) is 2. The predicted octanol–water partition coefficient (Wildman–Crippen LogP) is 6.37. The van der Waals surface area contributed by atoms with Gasteiger partial charge in [-0.2, -0.15) is 13.2 Å². The third-order valence-corrected chi connectivity index (χ3v) is 5.22. The number of pyridine rings is 1. The lowest BCUT2D eigenvalue weighted by molar-refractivity contribution is -0.137. The highest BCUT2D eigenvalue weighted by molar-refractivity contribution is 6.06. The average molecular weight is 469 g/mol. The van der Waals surface area contributed by atoms with Crippen LogP contribution in [-0.2, 0) is 12.7 Å². The number of aromatic amines is 1. The highest BCUT2D eigenvalue weighted by Crippen LogP contribution is 2.32. The molecule has 0 saturated heterocycles. The minimum absolute atomic E-state index is 0.258. The molecule has 0 saturated carbocycles. The molecular weight excluding hydrogens is 450 g/mol. The van der Waals surface area contributed by atoms with Crippen LogP contribution in [0.3, 0.4) is 0 Å². The monoisotopic (exact) mass is 469 g/mol. The van der Waals surface area contributed by atoms with Gasteiger partial charge >= 0.3 is 12.2 Å². The molecule has 2 amide bonds. The minimum atomic E-state index is -4.70. The second kappa shape index (κ2) is 8.22. The molecule has 0 aliphatic heterocycles. The number of carbonyl (C=O) groups is 1. The number of amides is 2. The number of aromatic nitrogens is 3. The Hall–Kier alpha value is -4.34. The summed E-state index contributed by atoms with van der Waals surface area (Å²) in [5, 5.41) is 5.68. The molecule has 3 N–H and O–H groups in total. The first kappa shape index (κ1) is 19.2. The number of nitrogens with one attached hydrogen (secondary N) is 3. The molecule has 172 valence electrons. The molecule has 0 aliphatic rings. The first-order valence-corrected chi connectivity index (χ1v) is 10.0. The van der Waals surface area contributed by atoms with Gasteiger partial charge in [-0.25, -0.2) is 14.2 Å². The van der Waals surface area contributed by atoms with Crippen LogP contribution in [-0.4, -0.2) is 20.6 Å². The maximum atomic E-state index is 14.0. The van der Waals surface area contributed by atoms with Crippen LogP contribution in [0.2, 0.25) is 0 Å². The average Bonchev–Trinajstić information content (AvgIpc) is 3.47. The van der Waals surface area contributed by atoms with Crippen molar-refractivity contribution in [1.29, 1.82) is 0 Å². The lowest BCUT2D eigenvalue weighted by Crippen LogP contribution is -2.20. The molecule has 0 fully saturated rings. The van der Waals surface area contributed by atoms with E-state index >= 15 is 0 Å². The van der Waals surface area contributed by atoms with Crippen LogP contribution in [0.25, 0.3) is 21.9 Å². The molecule has 3 aromatic heterocycles. The van der Waals surface area contributed by atoms with Gasteiger partial charge in [-0.3, -0.25) is 0 Å². The Morgan fingerprint density at radius 2 is 1.88 bits per heavy atom. The number of carbonyl (C=O) groups excluding carboxylic acids is 1. The van der Waals surface area contributed by atoms with Gasteiger partial charge in [0.2, 0.25) is 0 Å². The third-order valence-electron chi connectivity index (χ3n) is 5.22. The van der Waals surface area contributed by atoms with E-state index in [0.717, 1.165) is 0 Å². The van der Waals surface area contributed by atoms with Crippen molar-refractivity contribution in [1.82, 2.24) is 14.5 Å². The van der Waals surface area contributed by atoms with Crippen molar-refractivity contribution in [2.24, 2.45) is 0 Å². The zero-order chi connectivity index (χ0) is 25.7. The molecule has 0 unspecified atom stereocenters. The Morgan fingerprint density at radius 3 is 2.71 bits per heavy atom. The number of H-pyrrole nitrogens is 1. The SMILES string of the molecule is [2H]C([2H])(c1ccnc2[nH]ccc12)n1ccc2c(NC(=O)Nc3cc(C(F)(F)F)ccc3F)cccc21. The van der Waals surface area contributed by atoms with E-state index in [4.69, 9.17) is 2.74 Å². The normalized spacial score (nSPS) is 13.1. The van der Waals surface area contributed by atoms with Gasteiger partial charge in [0.15, 0.2) is 0 Å². The Morgan fingerprint density at radius 1 is 1.06 bits per heavy atom. The number of hydrogen-bond donors (Lipinski definition) is 3. The van der Waals surface area contributed by atoms with Crippen LogP contribution in [0, 0.1) is 5.82 Å². The summed E-state index contributed by atoms with van der Waals surface area (Å²) >= 11 is 0. The molecular formula is C24H17F4N5O. The maximum absolute atomic E-state index is 14.0. The summed E-state index contributed by atoms with van der Waals surface area (Å²) in [5.74, 6) is -1.02. The number of urea groups is 1. The standard InChI is InChI=1S/C24H17F4N5O/c25-18-5-4-15(24(26,27)28)12-20(18)32-23(34)31-19-2-1-3-21-17(19)8-11-33(21)13-14-6-9-29-22-16(14)7-10-30-22/h1-12H,13H2,(H,29,30)(H2,31,32,34)/i13D2. The lowest BCUT2D eigenvalue weighted by atomic mass is 10.2. The van der Waals surface area contributed by atoms with Gasteiger partial charge in [0.1, 0.15) is 11.5 Å². The maximum Gasteiger partial charge on any atom is 0.416 e. The fourth-order valence-electron chi connectivity index (χ4n) is 3.64. The largest absolute Gasteiger partial charge is 0.416 e. The van der Waals surface area contributed by atoms with Crippen LogP contribution in [0.5, 0.6) is 0 Å². The Bertz CT molecular complexity index is 1610. The summed E-state index contributed by atoms with van der Waals surface area (Å²) in [5.41, 5.74) is -0.113. The molecule has 5 aromatic rings. The highest BCUT2D eigenvalue weighted by Gasteiger charge is 2.31. The number of rotatable bonds is 4. The van der Waals surface area contributed by atoms with E-state index in [0.29, 0.717) is 45.7 Å². The first-order valence-electron chi connectivity index (χ1n) is 11.0. The van der Waals surface area contributed by atoms with Gasteiger partial charge in [-0.05, 0) is 54.1 Å². The van der Waals surface area contributed by atoms with Crippen molar-refractivity contribution in [3.63, 3.8) is 0 Å². The zero-order valence-corrected chi connectivity index (χ0v) is 17.2.